The van der Waals surface area contributed by atoms with Crippen LogP contribution in [0.15, 0.2) is 48.5 Å². The molecule has 3 N–H and O–H groups in total. The van der Waals surface area contributed by atoms with Crippen LogP contribution in [0.3, 0.4) is 0 Å². The zero-order valence-electron chi connectivity index (χ0n) is 19.1. The molecule has 0 radical (unpaired) electrons. The number of rotatable bonds is 7. The van der Waals surface area contributed by atoms with Crippen molar-refractivity contribution in [1.29, 1.82) is 0 Å². The smallest absolute Gasteiger partial charge is 0.408 e. The standard InChI is InChI=1S/C25H28N2O7/c1-25(14-33-2,23(31)27-12-15(28)11-21(27)22(29)30)26-24(32)34-13-20-18-9-5-3-7-16(18)17-8-4-6-10-19(17)20/h3-10,15,20-21,28H,11-14H2,1-2H3,(H,26,32)(H,29,30)/t15-,21+,25?/m1/s1. The molecule has 2 amide bonds. The van der Waals surface area contributed by atoms with E-state index in [4.69, 9.17) is 9.47 Å². The van der Waals surface area contributed by atoms with Crippen molar-refractivity contribution in [3.8, 4) is 11.1 Å². The average Bonchev–Trinajstić information content (AvgIpc) is 3.35. The molecule has 2 aliphatic rings. The maximum Gasteiger partial charge on any atom is 0.408 e. The van der Waals surface area contributed by atoms with Crippen LogP contribution in [0.2, 0.25) is 0 Å². The number of nitrogens with zero attached hydrogens (tertiary/aromatic N) is 1. The predicted molar refractivity (Wildman–Crippen MR) is 122 cm³/mol. The van der Waals surface area contributed by atoms with Gasteiger partial charge in [-0.05, 0) is 29.2 Å². The molecule has 0 bridgehead atoms. The maximum absolute atomic E-state index is 13.2. The van der Waals surface area contributed by atoms with Crippen LogP contribution < -0.4 is 5.32 Å². The zero-order chi connectivity index (χ0) is 24.5. The van der Waals surface area contributed by atoms with E-state index in [0.29, 0.717) is 0 Å². The Kier molecular flexibility index (Phi) is 6.58. The second kappa shape index (κ2) is 9.44. The number of ether oxygens (including phenoxy) is 2. The molecular weight excluding hydrogens is 440 g/mol. The van der Waals surface area contributed by atoms with E-state index in [1.54, 1.807) is 0 Å². The molecule has 1 aliphatic carbocycles. The summed E-state index contributed by atoms with van der Waals surface area (Å²) in [5.41, 5.74) is 2.73. The highest BCUT2D eigenvalue weighted by Gasteiger charge is 2.47. The summed E-state index contributed by atoms with van der Waals surface area (Å²) in [4.78, 5) is 38.7. The lowest BCUT2D eigenvalue weighted by atomic mass is 9.98. The van der Waals surface area contributed by atoms with Gasteiger partial charge < -0.3 is 29.9 Å². The largest absolute Gasteiger partial charge is 0.480 e. The molecule has 3 atom stereocenters. The summed E-state index contributed by atoms with van der Waals surface area (Å²) < 4.78 is 10.7. The molecule has 2 aromatic carbocycles. The molecule has 2 aromatic rings. The molecule has 1 fully saturated rings. The van der Waals surface area contributed by atoms with Crippen molar-refractivity contribution in [2.24, 2.45) is 0 Å². The third kappa shape index (κ3) is 4.36. The van der Waals surface area contributed by atoms with Gasteiger partial charge in [-0.3, -0.25) is 4.79 Å². The summed E-state index contributed by atoms with van der Waals surface area (Å²) in [7, 11) is 1.37. The summed E-state index contributed by atoms with van der Waals surface area (Å²) in [6.07, 6.45) is -1.84. The van der Waals surface area contributed by atoms with Gasteiger partial charge in [-0.15, -0.1) is 0 Å². The number of hydrogen-bond donors (Lipinski definition) is 3. The van der Waals surface area contributed by atoms with E-state index in [-0.39, 0.29) is 32.1 Å². The van der Waals surface area contributed by atoms with Crippen molar-refractivity contribution in [2.75, 3.05) is 26.9 Å². The molecule has 1 aliphatic heterocycles. The van der Waals surface area contributed by atoms with Crippen LogP contribution in [0.5, 0.6) is 0 Å². The molecule has 1 saturated heterocycles. The molecule has 0 spiro atoms. The summed E-state index contributed by atoms with van der Waals surface area (Å²) >= 11 is 0. The van der Waals surface area contributed by atoms with E-state index in [1.165, 1.54) is 14.0 Å². The predicted octanol–water partition coefficient (Wildman–Crippen LogP) is 1.98. The first kappa shape index (κ1) is 23.7. The van der Waals surface area contributed by atoms with Crippen molar-refractivity contribution in [3.05, 3.63) is 59.7 Å². The highest BCUT2D eigenvalue weighted by Crippen LogP contribution is 2.44. The highest BCUT2D eigenvalue weighted by molar-refractivity contribution is 5.93. The number of amides is 2. The third-order valence-corrected chi connectivity index (χ3v) is 6.45. The lowest BCUT2D eigenvalue weighted by Crippen LogP contribution is -2.62. The lowest BCUT2D eigenvalue weighted by molar-refractivity contribution is -0.151. The number of aliphatic hydroxyl groups excluding tert-OH is 1. The third-order valence-electron chi connectivity index (χ3n) is 6.45. The number of carboxylic acids is 1. The molecule has 9 nitrogen and oxygen atoms in total. The van der Waals surface area contributed by atoms with Crippen LogP contribution in [0.4, 0.5) is 4.79 Å². The number of alkyl carbamates (subject to hydrolysis) is 1. The molecule has 1 unspecified atom stereocenters. The fourth-order valence-corrected chi connectivity index (χ4v) is 4.89. The molecule has 0 saturated carbocycles. The Balaban J connectivity index is 1.48. The van der Waals surface area contributed by atoms with Crippen LogP contribution in [-0.4, -0.2) is 77.6 Å². The molecule has 180 valence electrons. The molecule has 1 heterocycles. The Morgan fingerprint density at radius 2 is 1.68 bits per heavy atom. The fraction of sp³-hybridized carbons (Fsp3) is 0.400. The fourth-order valence-electron chi connectivity index (χ4n) is 4.89. The number of carbonyl (C=O) groups excluding carboxylic acids is 2. The second-order valence-corrected chi connectivity index (χ2v) is 8.92. The average molecular weight is 469 g/mol. The topological polar surface area (TPSA) is 125 Å². The summed E-state index contributed by atoms with van der Waals surface area (Å²) in [6.45, 7) is 1.18. The molecule has 34 heavy (non-hydrogen) atoms. The lowest BCUT2D eigenvalue weighted by Gasteiger charge is -2.34. The van der Waals surface area contributed by atoms with Crippen LogP contribution in [0, 0.1) is 0 Å². The van der Waals surface area contributed by atoms with E-state index in [0.717, 1.165) is 27.2 Å². The Labute approximate surface area is 197 Å². The Bertz CT molecular complexity index is 1060. The number of aliphatic hydroxyl groups is 1. The zero-order valence-corrected chi connectivity index (χ0v) is 19.1. The number of fused-ring (bicyclic) bond motifs is 3. The van der Waals surface area contributed by atoms with Gasteiger partial charge in [0.2, 0.25) is 0 Å². The number of carboxylic acid groups (broad SMARTS) is 1. The first-order valence-corrected chi connectivity index (χ1v) is 11.1. The van der Waals surface area contributed by atoms with E-state index < -0.39 is 35.7 Å². The maximum atomic E-state index is 13.2. The van der Waals surface area contributed by atoms with Crippen molar-refractivity contribution < 1.29 is 34.1 Å². The normalized spacial score (nSPS) is 20.9. The molecule has 9 heteroatoms. The van der Waals surface area contributed by atoms with Crippen LogP contribution in [0.25, 0.3) is 11.1 Å². The minimum atomic E-state index is -1.57. The van der Waals surface area contributed by atoms with Crippen molar-refractivity contribution in [3.63, 3.8) is 0 Å². The van der Waals surface area contributed by atoms with E-state index in [1.807, 2.05) is 48.5 Å². The van der Waals surface area contributed by atoms with Gasteiger partial charge in [0.25, 0.3) is 5.91 Å². The monoisotopic (exact) mass is 468 g/mol. The summed E-state index contributed by atoms with van der Waals surface area (Å²) in [5, 5.41) is 21.9. The van der Waals surface area contributed by atoms with Gasteiger partial charge in [0.05, 0.1) is 12.7 Å². The molecular formula is C25H28N2O7. The van der Waals surface area contributed by atoms with Gasteiger partial charge in [0.15, 0.2) is 0 Å². The van der Waals surface area contributed by atoms with Crippen molar-refractivity contribution in [1.82, 2.24) is 10.2 Å². The van der Waals surface area contributed by atoms with E-state index in [9.17, 15) is 24.6 Å². The van der Waals surface area contributed by atoms with Gasteiger partial charge in [-0.1, -0.05) is 48.5 Å². The number of carbonyl (C=O) groups is 3. The number of likely N-dealkylation sites (tertiary alicyclic amines) is 1. The molecule has 4 rings (SSSR count). The number of nitrogens with one attached hydrogen (secondary N) is 1. The number of methoxy groups -OCH3 is 1. The summed E-state index contributed by atoms with van der Waals surface area (Å²) in [5.74, 6) is -2.02. The van der Waals surface area contributed by atoms with Crippen molar-refractivity contribution >= 4 is 18.0 Å². The Hall–Kier alpha value is -3.43. The van der Waals surface area contributed by atoms with Crippen LogP contribution in [0.1, 0.15) is 30.4 Å². The minimum absolute atomic E-state index is 0.0668. The summed E-state index contributed by atoms with van der Waals surface area (Å²) in [6, 6.07) is 14.7. The van der Waals surface area contributed by atoms with Gasteiger partial charge in [0, 0.05) is 26.0 Å². The number of aliphatic carboxylic acids is 1. The first-order valence-electron chi connectivity index (χ1n) is 11.1. The van der Waals surface area contributed by atoms with Gasteiger partial charge >= 0.3 is 12.1 Å². The SMILES string of the molecule is COCC(C)(NC(=O)OCC1c2ccccc2-c2ccccc21)C(=O)N1C[C@H](O)C[C@H]1C(=O)O. The van der Waals surface area contributed by atoms with Crippen LogP contribution in [-0.2, 0) is 19.1 Å². The minimum Gasteiger partial charge on any atom is -0.480 e. The van der Waals surface area contributed by atoms with Crippen molar-refractivity contribution in [2.45, 2.75) is 36.9 Å². The van der Waals surface area contributed by atoms with Gasteiger partial charge in [-0.25, -0.2) is 9.59 Å². The van der Waals surface area contributed by atoms with Gasteiger partial charge in [-0.2, -0.15) is 0 Å². The number of benzene rings is 2. The quantitative estimate of drug-likeness (QED) is 0.567. The number of hydrogen-bond acceptors (Lipinski definition) is 6. The molecule has 0 aromatic heterocycles. The van der Waals surface area contributed by atoms with E-state index >= 15 is 0 Å². The Morgan fingerprint density at radius 3 is 2.24 bits per heavy atom. The number of β-amino-alcohol motifs (C(OH)–C–C–N with tert-alkyl or cyclic N) is 1. The first-order chi connectivity index (χ1) is 16.2. The van der Waals surface area contributed by atoms with Crippen LogP contribution >= 0.6 is 0 Å². The van der Waals surface area contributed by atoms with E-state index in [2.05, 4.69) is 5.32 Å². The second-order valence-electron chi connectivity index (χ2n) is 8.92. The van der Waals surface area contributed by atoms with Gasteiger partial charge in [0.1, 0.15) is 18.2 Å². The highest BCUT2D eigenvalue weighted by atomic mass is 16.5. The Morgan fingerprint density at radius 1 is 1.09 bits per heavy atom.